The van der Waals surface area contributed by atoms with Crippen molar-refractivity contribution in [3.63, 3.8) is 0 Å². The lowest BCUT2D eigenvalue weighted by molar-refractivity contribution is -0.303. The van der Waals surface area contributed by atoms with Crippen LogP contribution in [-0.4, -0.2) is 89.4 Å². The van der Waals surface area contributed by atoms with Crippen molar-refractivity contribution in [1.29, 1.82) is 0 Å². The van der Waals surface area contributed by atoms with Crippen molar-refractivity contribution in [3.05, 3.63) is 0 Å². The molecule has 13 atom stereocenters. The van der Waals surface area contributed by atoms with E-state index in [1.165, 1.54) is 0 Å². The number of ether oxygens (including phenoxy) is 4. The molecule has 3 aliphatic heterocycles. The summed E-state index contributed by atoms with van der Waals surface area (Å²) in [6.45, 7) is 4.32. The topological polar surface area (TPSA) is 83.9 Å². The van der Waals surface area contributed by atoms with E-state index in [1.807, 2.05) is 0 Å². The molecule has 3 spiro atoms. The van der Waals surface area contributed by atoms with Crippen molar-refractivity contribution in [2.75, 3.05) is 27.0 Å². The minimum atomic E-state index is -0.983. The molecule has 0 aromatic heterocycles. The lowest BCUT2D eigenvalue weighted by atomic mass is 9.44. The van der Waals surface area contributed by atoms with Crippen molar-refractivity contribution in [2.45, 2.75) is 79.9 Å². The van der Waals surface area contributed by atoms with Crippen molar-refractivity contribution in [1.82, 2.24) is 4.90 Å². The first-order valence-electron chi connectivity index (χ1n) is 11.6. The fourth-order valence-electron chi connectivity index (χ4n) is 10.7. The minimum Gasteiger partial charge on any atom is -0.392 e. The van der Waals surface area contributed by atoms with Crippen LogP contribution in [0.1, 0.15) is 32.6 Å². The highest BCUT2D eigenvalue weighted by Crippen LogP contribution is 2.82. The van der Waals surface area contributed by atoms with Crippen LogP contribution >= 0.6 is 0 Å². The maximum Gasteiger partial charge on any atom is 0.148 e. The molecule has 8 aliphatic rings. The van der Waals surface area contributed by atoms with E-state index in [0.717, 1.165) is 32.4 Å². The predicted molar refractivity (Wildman–Crippen MR) is 98.8 cm³/mol. The summed E-state index contributed by atoms with van der Waals surface area (Å²) in [6.07, 6.45) is 2.77. The molecule has 5 aliphatic carbocycles. The van der Waals surface area contributed by atoms with Crippen LogP contribution in [-0.2, 0) is 18.9 Å². The number of likely N-dealkylation sites (tertiary alicyclic amines) is 1. The molecule has 8 rings (SSSR count). The van der Waals surface area contributed by atoms with Crippen molar-refractivity contribution < 1.29 is 29.2 Å². The summed E-state index contributed by atoms with van der Waals surface area (Å²) in [4.78, 5) is 2.54. The van der Waals surface area contributed by atoms with Crippen molar-refractivity contribution in [2.24, 2.45) is 29.1 Å². The molecule has 7 heteroatoms. The molecule has 29 heavy (non-hydrogen) atoms. The molecule has 8 fully saturated rings. The van der Waals surface area contributed by atoms with Gasteiger partial charge >= 0.3 is 0 Å². The van der Waals surface area contributed by atoms with Gasteiger partial charge in [-0.3, -0.25) is 4.90 Å². The van der Waals surface area contributed by atoms with Gasteiger partial charge in [-0.15, -0.1) is 0 Å². The first kappa shape index (κ1) is 17.3. The van der Waals surface area contributed by atoms with Gasteiger partial charge in [-0.05, 0) is 19.4 Å². The molecule has 0 radical (unpaired) electrons. The Bertz CT molecular complexity index is 810. The number of hydrogen-bond acceptors (Lipinski definition) is 7. The molecule has 7 bridgehead atoms. The van der Waals surface area contributed by atoms with E-state index in [9.17, 15) is 10.2 Å². The molecule has 1 unspecified atom stereocenters. The van der Waals surface area contributed by atoms with Gasteiger partial charge in [0.05, 0.1) is 24.4 Å². The van der Waals surface area contributed by atoms with E-state index in [0.29, 0.717) is 12.3 Å². The lowest BCUT2D eigenvalue weighted by Crippen LogP contribution is -2.81. The third-order valence-electron chi connectivity index (χ3n) is 11.3. The Balaban J connectivity index is 1.42. The number of nitrogens with zero attached hydrogens (tertiary/aromatic N) is 1. The number of aliphatic hydroxyl groups is 2. The molecule has 0 aromatic carbocycles. The summed E-state index contributed by atoms with van der Waals surface area (Å²) >= 11 is 0. The quantitative estimate of drug-likeness (QED) is 0.632. The second-order valence-corrected chi connectivity index (χ2v) is 11.2. The smallest absolute Gasteiger partial charge is 0.148 e. The molecule has 5 saturated carbocycles. The van der Waals surface area contributed by atoms with E-state index in [4.69, 9.17) is 18.9 Å². The summed E-state index contributed by atoms with van der Waals surface area (Å²) < 4.78 is 25.0. The molecule has 160 valence electrons. The second-order valence-electron chi connectivity index (χ2n) is 11.2. The standard InChI is InChI=1S/C22H31NO6/c1-3-23-8-19-13-5-11-17(23)21(13,15(24)6-16(19)29-19)14-4-10-12(26-2)7-20(11,25)22(14)18(10)27-9-28-22/h10-18,24-25H,3-9H2,1-2H3/t10-,11+,12+,13-,14+,15+,16+,17?,18-,19-,20+,21+,22+/m1/s1. The third-order valence-corrected chi connectivity index (χ3v) is 11.3. The molecule has 0 amide bonds. The minimum absolute atomic E-state index is 0.0184. The highest BCUT2D eigenvalue weighted by molar-refractivity contribution is 5.41. The van der Waals surface area contributed by atoms with Gasteiger partial charge in [-0.1, -0.05) is 6.92 Å². The highest BCUT2D eigenvalue weighted by Gasteiger charge is 2.92. The van der Waals surface area contributed by atoms with Crippen LogP contribution in [0.2, 0.25) is 0 Å². The van der Waals surface area contributed by atoms with Gasteiger partial charge in [0.25, 0.3) is 0 Å². The van der Waals surface area contributed by atoms with Gasteiger partial charge in [0, 0.05) is 61.6 Å². The number of likely N-dealkylation sites (N-methyl/N-ethyl adjacent to an activating group) is 1. The Morgan fingerprint density at radius 3 is 2.86 bits per heavy atom. The van der Waals surface area contributed by atoms with Crippen LogP contribution in [0.4, 0.5) is 0 Å². The SMILES string of the molecule is CCN1C[C@]23O[C@H]2C[C@H](O)[C@]24C1[C@H](C[C@H]32)[C@@]1(O)C[C@H](OC)[C@H]2C[C@@H]4[C@@]13OCO[C@H]23. The van der Waals surface area contributed by atoms with Crippen molar-refractivity contribution >= 4 is 0 Å². The van der Waals surface area contributed by atoms with E-state index in [2.05, 4.69) is 11.8 Å². The van der Waals surface area contributed by atoms with E-state index in [1.54, 1.807) is 7.11 Å². The number of piperidine rings is 1. The first-order valence-corrected chi connectivity index (χ1v) is 11.6. The summed E-state index contributed by atoms with van der Waals surface area (Å²) in [5.41, 5.74) is -2.09. The molecule has 7 nitrogen and oxygen atoms in total. The fraction of sp³-hybridized carbons (Fsp3) is 1.00. The Labute approximate surface area is 170 Å². The van der Waals surface area contributed by atoms with Crippen LogP contribution in [0.5, 0.6) is 0 Å². The lowest BCUT2D eigenvalue weighted by Gasteiger charge is -2.68. The van der Waals surface area contributed by atoms with Gasteiger partial charge in [0.15, 0.2) is 0 Å². The Hall–Kier alpha value is -0.280. The molecular formula is C22H31NO6. The zero-order valence-corrected chi connectivity index (χ0v) is 17.1. The summed E-state index contributed by atoms with van der Waals surface area (Å²) in [6, 6.07) is 0.183. The average Bonchev–Trinajstić information content (AvgIpc) is 3.04. The number of epoxide rings is 1. The Morgan fingerprint density at radius 2 is 2.07 bits per heavy atom. The van der Waals surface area contributed by atoms with Crippen LogP contribution in [0, 0.1) is 29.1 Å². The van der Waals surface area contributed by atoms with E-state index < -0.39 is 17.3 Å². The number of fused-ring (bicyclic) bond motifs is 1. The van der Waals surface area contributed by atoms with Gasteiger partial charge < -0.3 is 29.2 Å². The molecule has 3 heterocycles. The van der Waals surface area contributed by atoms with E-state index >= 15 is 0 Å². The summed E-state index contributed by atoms with van der Waals surface area (Å²) in [5, 5.41) is 24.3. The van der Waals surface area contributed by atoms with Gasteiger partial charge in [-0.2, -0.15) is 0 Å². The Morgan fingerprint density at radius 1 is 1.21 bits per heavy atom. The van der Waals surface area contributed by atoms with Gasteiger partial charge in [0.1, 0.15) is 23.6 Å². The molecular weight excluding hydrogens is 374 g/mol. The largest absolute Gasteiger partial charge is 0.392 e. The molecule has 3 saturated heterocycles. The van der Waals surface area contributed by atoms with Crippen LogP contribution in [0.3, 0.4) is 0 Å². The zero-order valence-electron chi connectivity index (χ0n) is 17.1. The zero-order chi connectivity index (χ0) is 19.6. The van der Waals surface area contributed by atoms with Crippen LogP contribution in [0.15, 0.2) is 0 Å². The molecule has 2 N–H and O–H groups in total. The Kier molecular flexibility index (Phi) is 2.82. The van der Waals surface area contributed by atoms with Gasteiger partial charge in [-0.25, -0.2) is 0 Å². The maximum atomic E-state index is 12.6. The third kappa shape index (κ3) is 1.39. The number of methoxy groups -OCH3 is 1. The monoisotopic (exact) mass is 405 g/mol. The van der Waals surface area contributed by atoms with Crippen molar-refractivity contribution in [3.8, 4) is 0 Å². The number of aliphatic hydroxyl groups excluding tert-OH is 1. The number of hydrogen-bond donors (Lipinski definition) is 2. The maximum absolute atomic E-state index is 12.6. The predicted octanol–water partition coefficient (Wildman–Crippen LogP) is 0.126. The normalized spacial score (nSPS) is 70.6. The van der Waals surface area contributed by atoms with Gasteiger partial charge in [0.2, 0.25) is 0 Å². The first-order chi connectivity index (χ1) is 14.0. The van der Waals surface area contributed by atoms with Crippen LogP contribution < -0.4 is 0 Å². The number of rotatable bonds is 2. The highest BCUT2D eigenvalue weighted by atomic mass is 16.7. The fourth-order valence-corrected chi connectivity index (χ4v) is 10.7. The average molecular weight is 405 g/mol. The summed E-state index contributed by atoms with van der Waals surface area (Å²) in [7, 11) is 1.76. The second kappa shape index (κ2) is 4.72. The summed E-state index contributed by atoms with van der Waals surface area (Å²) in [5.74, 6) is 0.665. The molecule has 0 aromatic rings. The van der Waals surface area contributed by atoms with E-state index in [-0.39, 0.29) is 59.9 Å². The van der Waals surface area contributed by atoms with Crippen LogP contribution in [0.25, 0.3) is 0 Å².